The number of nitrogens with zero attached hydrogens (tertiary/aromatic N) is 1. The van der Waals surface area contributed by atoms with Gasteiger partial charge in [-0.2, -0.15) is 0 Å². The van der Waals surface area contributed by atoms with E-state index >= 15 is 0 Å². The minimum absolute atomic E-state index is 1.05. The van der Waals surface area contributed by atoms with Crippen molar-refractivity contribution in [2.45, 2.75) is 20.8 Å². The topological polar surface area (TPSA) is 3.24 Å². The van der Waals surface area contributed by atoms with Crippen molar-refractivity contribution in [3.05, 3.63) is 35.9 Å². The lowest BCUT2D eigenvalue weighted by atomic mass is 10.1. The molecular weight excluding hydrogens is 170 g/mol. The molecule has 14 heavy (non-hydrogen) atoms. The average molecular weight is 189 g/mol. The quantitative estimate of drug-likeness (QED) is 0.701. The molecule has 1 heteroatoms. The Morgan fingerprint density at radius 2 is 1.93 bits per heavy atom. The van der Waals surface area contributed by atoms with Crippen LogP contribution >= 0.6 is 0 Å². The monoisotopic (exact) mass is 189 g/mol. The molecule has 0 bridgehead atoms. The first-order valence-corrected chi connectivity index (χ1v) is 5.21. The highest BCUT2D eigenvalue weighted by Gasteiger charge is 2.06. The fourth-order valence-corrected chi connectivity index (χ4v) is 1.77. The summed E-state index contributed by atoms with van der Waals surface area (Å²) in [4.78, 5) is 2.36. The van der Waals surface area contributed by atoms with E-state index in [4.69, 9.17) is 0 Å². The summed E-state index contributed by atoms with van der Waals surface area (Å²) < 4.78 is 0. The van der Waals surface area contributed by atoms with E-state index in [0.717, 1.165) is 13.1 Å². The summed E-state index contributed by atoms with van der Waals surface area (Å²) in [7, 11) is 0. The highest BCUT2D eigenvalue weighted by molar-refractivity contribution is 5.64. The molecule has 76 valence electrons. The second-order valence-corrected chi connectivity index (χ2v) is 3.37. The van der Waals surface area contributed by atoms with E-state index in [-0.39, 0.29) is 0 Å². The Kier molecular flexibility index (Phi) is 3.75. The lowest BCUT2D eigenvalue weighted by Gasteiger charge is -2.23. The van der Waals surface area contributed by atoms with Gasteiger partial charge in [-0.25, -0.2) is 0 Å². The van der Waals surface area contributed by atoms with E-state index in [9.17, 15) is 0 Å². The highest BCUT2D eigenvalue weighted by atomic mass is 15.1. The van der Waals surface area contributed by atoms with Gasteiger partial charge in [0.15, 0.2) is 0 Å². The minimum atomic E-state index is 1.05. The van der Waals surface area contributed by atoms with Crippen LogP contribution in [-0.4, -0.2) is 13.1 Å². The molecule has 1 rings (SSSR count). The van der Waals surface area contributed by atoms with Crippen LogP contribution in [0.2, 0.25) is 0 Å². The molecule has 0 aliphatic carbocycles. The van der Waals surface area contributed by atoms with Gasteiger partial charge in [0, 0.05) is 18.8 Å². The molecular formula is C13H19N. The molecule has 0 fully saturated rings. The lowest BCUT2D eigenvalue weighted by Crippen LogP contribution is -2.22. The van der Waals surface area contributed by atoms with Gasteiger partial charge in [0.25, 0.3) is 0 Å². The predicted molar refractivity (Wildman–Crippen MR) is 64.8 cm³/mol. The molecule has 1 nitrogen and oxygen atoms in total. The second-order valence-electron chi connectivity index (χ2n) is 3.37. The normalized spacial score (nSPS) is 9.93. The maximum atomic E-state index is 3.83. The van der Waals surface area contributed by atoms with Crippen LogP contribution in [0.15, 0.2) is 24.8 Å². The van der Waals surface area contributed by atoms with Gasteiger partial charge in [-0.05, 0) is 38.0 Å². The van der Waals surface area contributed by atoms with Crippen LogP contribution in [0.3, 0.4) is 0 Å². The second kappa shape index (κ2) is 4.85. The highest BCUT2D eigenvalue weighted by Crippen LogP contribution is 2.23. The summed E-state index contributed by atoms with van der Waals surface area (Å²) >= 11 is 0. The van der Waals surface area contributed by atoms with Crippen molar-refractivity contribution in [3.63, 3.8) is 0 Å². The smallest absolute Gasteiger partial charge is 0.0401 e. The molecule has 0 amide bonds. The van der Waals surface area contributed by atoms with E-state index in [1.54, 1.807) is 0 Å². The fourth-order valence-electron chi connectivity index (χ4n) is 1.77. The molecule has 0 radical (unpaired) electrons. The van der Waals surface area contributed by atoms with Gasteiger partial charge in [-0.1, -0.05) is 24.8 Å². The third kappa shape index (κ3) is 1.98. The van der Waals surface area contributed by atoms with Crippen LogP contribution in [0.1, 0.15) is 25.0 Å². The third-order valence-electron chi connectivity index (χ3n) is 2.67. The first-order chi connectivity index (χ1) is 6.74. The van der Waals surface area contributed by atoms with Crippen molar-refractivity contribution in [2.75, 3.05) is 18.0 Å². The van der Waals surface area contributed by atoms with Gasteiger partial charge in [-0.3, -0.25) is 0 Å². The standard InChI is InChI=1S/C13H19N/c1-5-12-9-8-10-13(11(12)4)14(6-2)7-3/h5,8-10H,1,6-7H2,2-4H3. The Labute approximate surface area is 87.1 Å². The molecule has 0 aliphatic heterocycles. The summed E-state index contributed by atoms with van der Waals surface area (Å²) in [6.45, 7) is 12.5. The summed E-state index contributed by atoms with van der Waals surface area (Å²) in [5, 5.41) is 0. The molecule has 0 spiro atoms. The molecule has 0 N–H and O–H groups in total. The minimum Gasteiger partial charge on any atom is -0.372 e. The number of rotatable bonds is 4. The molecule has 0 saturated heterocycles. The maximum Gasteiger partial charge on any atom is 0.0401 e. The van der Waals surface area contributed by atoms with E-state index in [1.165, 1.54) is 16.8 Å². The summed E-state index contributed by atoms with van der Waals surface area (Å²) in [6.07, 6.45) is 1.92. The Morgan fingerprint density at radius 1 is 1.29 bits per heavy atom. The molecule has 0 unspecified atom stereocenters. The largest absolute Gasteiger partial charge is 0.372 e. The zero-order valence-corrected chi connectivity index (χ0v) is 9.38. The van der Waals surface area contributed by atoms with Crippen LogP contribution < -0.4 is 4.90 Å². The van der Waals surface area contributed by atoms with Crippen LogP contribution in [0.25, 0.3) is 6.08 Å². The Hall–Kier alpha value is -1.24. The zero-order valence-electron chi connectivity index (χ0n) is 9.38. The molecule has 0 aromatic heterocycles. The van der Waals surface area contributed by atoms with Crippen molar-refractivity contribution >= 4 is 11.8 Å². The first-order valence-electron chi connectivity index (χ1n) is 5.21. The number of hydrogen-bond donors (Lipinski definition) is 0. The van der Waals surface area contributed by atoms with Gasteiger partial charge in [0.2, 0.25) is 0 Å². The van der Waals surface area contributed by atoms with Crippen molar-refractivity contribution in [3.8, 4) is 0 Å². The molecule has 1 aromatic rings. The van der Waals surface area contributed by atoms with E-state index in [1.807, 2.05) is 6.08 Å². The molecule has 1 aromatic carbocycles. The summed E-state index contributed by atoms with van der Waals surface area (Å²) in [6, 6.07) is 6.38. The number of anilines is 1. The van der Waals surface area contributed by atoms with Crippen molar-refractivity contribution in [1.82, 2.24) is 0 Å². The van der Waals surface area contributed by atoms with Crippen LogP contribution in [0, 0.1) is 6.92 Å². The fraction of sp³-hybridized carbons (Fsp3) is 0.385. The van der Waals surface area contributed by atoms with Gasteiger partial charge in [0.1, 0.15) is 0 Å². The molecule has 0 heterocycles. The molecule has 0 saturated carbocycles. The van der Waals surface area contributed by atoms with Gasteiger partial charge in [-0.15, -0.1) is 0 Å². The van der Waals surface area contributed by atoms with Gasteiger partial charge >= 0.3 is 0 Å². The van der Waals surface area contributed by atoms with Crippen LogP contribution in [-0.2, 0) is 0 Å². The maximum absolute atomic E-state index is 3.83. The average Bonchev–Trinajstić information content (AvgIpc) is 2.22. The predicted octanol–water partition coefficient (Wildman–Crippen LogP) is 3.48. The van der Waals surface area contributed by atoms with Gasteiger partial charge < -0.3 is 4.90 Å². The van der Waals surface area contributed by atoms with E-state index in [0.29, 0.717) is 0 Å². The zero-order chi connectivity index (χ0) is 10.6. The Balaban J connectivity index is 3.13. The van der Waals surface area contributed by atoms with Crippen molar-refractivity contribution in [2.24, 2.45) is 0 Å². The Bertz CT molecular complexity index is 311. The van der Waals surface area contributed by atoms with E-state index < -0.39 is 0 Å². The van der Waals surface area contributed by atoms with Crippen molar-refractivity contribution in [1.29, 1.82) is 0 Å². The number of benzene rings is 1. The molecule has 0 atom stereocenters. The number of hydrogen-bond acceptors (Lipinski definition) is 1. The third-order valence-corrected chi connectivity index (χ3v) is 2.67. The van der Waals surface area contributed by atoms with Crippen LogP contribution in [0.4, 0.5) is 5.69 Å². The van der Waals surface area contributed by atoms with Crippen LogP contribution in [0.5, 0.6) is 0 Å². The van der Waals surface area contributed by atoms with E-state index in [2.05, 4.69) is 50.4 Å². The van der Waals surface area contributed by atoms with Gasteiger partial charge in [0.05, 0.1) is 0 Å². The summed E-state index contributed by atoms with van der Waals surface area (Å²) in [5.74, 6) is 0. The SMILES string of the molecule is C=Cc1cccc(N(CC)CC)c1C. The lowest BCUT2D eigenvalue weighted by molar-refractivity contribution is 0.861. The Morgan fingerprint density at radius 3 is 2.43 bits per heavy atom. The molecule has 0 aliphatic rings. The summed E-state index contributed by atoms with van der Waals surface area (Å²) in [5.41, 5.74) is 3.88. The van der Waals surface area contributed by atoms with Crippen molar-refractivity contribution < 1.29 is 0 Å². The first kappa shape index (κ1) is 10.8.